The van der Waals surface area contributed by atoms with Gasteiger partial charge in [0.05, 0.1) is 5.02 Å². The highest BCUT2D eigenvalue weighted by Gasteiger charge is 2.03. The number of hydrogen-bond acceptors (Lipinski definition) is 2. The highest BCUT2D eigenvalue weighted by molar-refractivity contribution is 6.32. The molecule has 0 bridgehead atoms. The molecule has 0 saturated carbocycles. The third-order valence-electron chi connectivity index (χ3n) is 1.67. The van der Waals surface area contributed by atoms with E-state index in [1.807, 2.05) is 0 Å². The summed E-state index contributed by atoms with van der Waals surface area (Å²) in [6.45, 7) is 0.131. The average Bonchev–Trinajstić information content (AvgIpc) is 2.08. The first-order valence-corrected chi connectivity index (χ1v) is 4.20. The Morgan fingerprint density at radius 1 is 1.33 bits per heavy atom. The van der Waals surface area contributed by atoms with Gasteiger partial charge in [0.15, 0.2) is 0 Å². The number of phenolic OH excluding ortho intramolecular Hbond substituents is 1. The molecule has 1 aromatic carbocycles. The van der Waals surface area contributed by atoms with Gasteiger partial charge < -0.3 is 10.2 Å². The molecule has 66 valence electrons. The van der Waals surface area contributed by atoms with Crippen molar-refractivity contribution in [2.75, 3.05) is 6.61 Å². The lowest BCUT2D eigenvalue weighted by Crippen LogP contribution is -1.89. The number of aryl methyl sites for hydroxylation is 1. The molecule has 0 saturated heterocycles. The number of aliphatic hydroxyl groups excluding tert-OH is 1. The largest absolute Gasteiger partial charge is 0.506 e. The molecule has 0 aromatic heterocycles. The maximum Gasteiger partial charge on any atom is 0.137 e. The van der Waals surface area contributed by atoms with E-state index in [4.69, 9.17) is 16.7 Å². The normalized spacial score (nSPS) is 10.2. The van der Waals surface area contributed by atoms with Crippen molar-refractivity contribution in [1.82, 2.24) is 0 Å². The van der Waals surface area contributed by atoms with Crippen molar-refractivity contribution in [2.24, 2.45) is 0 Å². The van der Waals surface area contributed by atoms with E-state index in [1.54, 1.807) is 18.2 Å². The summed E-state index contributed by atoms with van der Waals surface area (Å²) in [5.74, 6) is 0.132. The summed E-state index contributed by atoms with van der Waals surface area (Å²) in [7, 11) is 0. The van der Waals surface area contributed by atoms with Crippen LogP contribution in [0, 0.1) is 0 Å². The Kier molecular flexibility index (Phi) is 3.38. The molecule has 0 aliphatic carbocycles. The highest BCUT2D eigenvalue weighted by atomic mass is 35.5. The average molecular weight is 187 g/mol. The maximum atomic E-state index is 9.41. The Morgan fingerprint density at radius 2 is 2.08 bits per heavy atom. The minimum absolute atomic E-state index is 0.131. The van der Waals surface area contributed by atoms with Crippen LogP contribution in [0.3, 0.4) is 0 Å². The molecule has 12 heavy (non-hydrogen) atoms. The SMILES string of the molecule is OCCCc1cccc(Cl)c1O. The predicted octanol–water partition coefficient (Wildman–Crippen LogP) is 1.97. The van der Waals surface area contributed by atoms with Crippen LogP contribution in [0.25, 0.3) is 0 Å². The van der Waals surface area contributed by atoms with Gasteiger partial charge in [-0.1, -0.05) is 23.7 Å². The Morgan fingerprint density at radius 3 is 2.75 bits per heavy atom. The maximum absolute atomic E-state index is 9.41. The Hall–Kier alpha value is -0.730. The lowest BCUT2D eigenvalue weighted by Gasteiger charge is -2.03. The summed E-state index contributed by atoms with van der Waals surface area (Å²) in [6, 6.07) is 5.23. The van der Waals surface area contributed by atoms with Gasteiger partial charge in [-0.25, -0.2) is 0 Å². The lowest BCUT2D eigenvalue weighted by atomic mass is 10.1. The van der Waals surface area contributed by atoms with Crippen molar-refractivity contribution in [3.63, 3.8) is 0 Å². The highest BCUT2D eigenvalue weighted by Crippen LogP contribution is 2.27. The molecule has 0 heterocycles. The molecule has 0 amide bonds. The standard InChI is InChI=1S/C9H11ClO2/c10-8-5-1-3-7(9(8)12)4-2-6-11/h1,3,5,11-12H,2,4,6H2. The number of halogens is 1. The summed E-state index contributed by atoms with van der Waals surface area (Å²) in [6.07, 6.45) is 1.30. The molecule has 2 nitrogen and oxygen atoms in total. The van der Waals surface area contributed by atoms with E-state index in [-0.39, 0.29) is 12.4 Å². The van der Waals surface area contributed by atoms with Crippen LogP contribution in [0.5, 0.6) is 5.75 Å². The minimum Gasteiger partial charge on any atom is -0.506 e. The van der Waals surface area contributed by atoms with E-state index in [0.717, 1.165) is 5.56 Å². The summed E-state index contributed by atoms with van der Waals surface area (Å²) >= 11 is 5.68. The van der Waals surface area contributed by atoms with E-state index in [1.165, 1.54) is 0 Å². The van der Waals surface area contributed by atoms with Crippen LogP contribution in [0.1, 0.15) is 12.0 Å². The van der Waals surface area contributed by atoms with Gasteiger partial charge >= 0.3 is 0 Å². The van der Waals surface area contributed by atoms with Crippen LogP contribution in [-0.2, 0) is 6.42 Å². The molecular formula is C9H11ClO2. The second-order valence-electron chi connectivity index (χ2n) is 2.57. The van der Waals surface area contributed by atoms with Crippen LogP contribution < -0.4 is 0 Å². The number of aliphatic hydroxyl groups is 1. The van der Waals surface area contributed by atoms with Crippen LogP contribution in [0.15, 0.2) is 18.2 Å². The number of phenols is 1. The summed E-state index contributed by atoms with van der Waals surface area (Å²) in [5.41, 5.74) is 0.788. The number of aromatic hydroxyl groups is 1. The second kappa shape index (κ2) is 4.33. The third-order valence-corrected chi connectivity index (χ3v) is 1.98. The second-order valence-corrected chi connectivity index (χ2v) is 2.98. The minimum atomic E-state index is 0.131. The van der Waals surface area contributed by atoms with E-state index < -0.39 is 0 Å². The first-order valence-electron chi connectivity index (χ1n) is 3.83. The number of benzene rings is 1. The van der Waals surface area contributed by atoms with E-state index >= 15 is 0 Å². The van der Waals surface area contributed by atoms with Crippen molar-refractivity contribution in [3.05, 3.63) is 28.8 Å². The summed E-state index contributed by atoms with van der Waals surface area (Å²) in [4.78, 5) is 0. The van der Waals surface area contributed by atoms with Crippen LogP contribution in [0.4, 0.5) is 0 Å². The zero-order chi connectivity index (χ0) is 8.97. The molecule has 0 atom stereocenters. The molecule has 3 heteroatoms. The topological polar surface area (TPSA) is 40.5 Å². The van der Waals surface area contributed by atoms with E-state index in [0.29, 0.717) is 17.9 Å². The first kappa shape index (κ1) is 9.36. The zero-order valence-corrected chi connectivity index (χ0v) is 7.38. The number of para-hydroxylation sites is 1. The van der Waals surface area contributed by atoms with Gasteiger partial charge in [0.2, 0.25) is 0 Å². The molecule has 0 aliphatic rings. The van der Waals surface area contributed by atoms with Gasteiger partial charge in [0.25, 0.3) is 0 Å². The number of hydrogen-bond donors (Lipinski definition) is 2. The quantitative estimate of drug-likeness (QED) is 0.758. The lowest BCUT2D eigenvalue weighted by molar-refractivity contribution is 0.288. The molecular weight excluding hydrogens is 176 g/mol. The molecule has 1 aromatic rings. The molecule has 2 N–H and O–H groups in total. The molecule has 0 spiro atoms. The summed E-state index contributed by atoms with van der Waals surface area (Å²) in [5, 5.41) is 18.3. The fraction of sp³-hybridized carbons (Fsp3) is 0.333. The Labute approximate surface area is 76.4 Å². The van der Waals surface area contributed by atoms with Gasteiger partial charge in [-0.15, -0.1) is 0 Å². The van der Waals surface area contributed by atoms with E-state index in [2.05, 4.69) is 0 Å². The molecule has 0 aliphatic heterocycles. The third kappa shape index (κ3) is 2.13. The van der Waals surface area contributed by atoms with Gasteiger partial charge in [0.1, 0.15) is 5.75 Å². The predicted molar refractivity (Wildman–Crippen MR) is 48.5 cm³/mol. The van der Waals surface area contributed by atoms with Gasteiger partial charge in [-0.05, 0) is 24.5 Å². The first-order chi connectivity index (χ1) is 5.75. The van der Waals surface area contributed by atoms with Gasteiger partial charge in [-0.2, -0.15) is 0 Å². The number of rotatable bonds is 3. The Balaban J connectivity index is 2.78. The van der Waals surface area contributed by atoms with Crippen molar-refractivity contribution in [2.45, 2.75) is 12.8 Å². The zero-order valence-electron chi connectivity index (χ0n) is 6.63. The monoisotopic (exact) mass is 186 g/mol. The fourth-order valence-electron chi connectivity index (χ4n) is 1.03. The van der Waals surface area contributed by atoms with Crippen molar-refractivity contribution in [1.29, 1.82) is 0 Å². The van der Waals surface area contributed by atoms with Gasteiger partial charge in [-0.3, -0.25) is 0 Å². The van der Waals surface area contributed by atoms with Gasteiger partial charge in [0, 0.05) is 6.61 Å². The van der Waals surface area contributed by atoms with Crippen LogP contribution >= 0.6 is 11.6 Å². The van der Waals surface area contributed by atoms with Crippen LogP contribution in [0.2, 0.25) is 5.02 Å². The molecule has 0 radical (unpaired) electrons. The van der Waals surface area contributed by atoms with Crippen molar-refractivity contribution >= 4 is 11.6 Å². The van der Waals surface area contributed by atoms with Crippen LogP contribution in [-0.4, -0.2) is 16.8 Å². The Bertz CT molecular complexity index is 261. The molecule has 0 unspecified atom stereocenters. The van der Waals surface area contributed by atoms with Crippen molar-refractivity contribution < 1.29 is 10.2 Å². The van der Waals surface area contributed by atoms with E-state index in [9.17, 15) is 5.11 Å². The molecule has 0 fully saturated rings. The summed E-state index contributed by atoms with van der Waals surface area (Å²) < 4.78 is 0. The smallest absolute Gasteiger partial charge is 0.137 e. The fourth-order valence-corrected chi connectivity index (χ4v) is 1.23. The van der Waals surface area contributed by atoms with Crippen molar-refractivity contribution in [3.8, 4) is 5.75 Å². The molecule has 1 rings (SSSR count).